The largest absolute Gasteiger partial charge is 0.0985 e. The van der Waals surface area contributed by atoms with Crippen molar-refractivity contribution >= 4 is 24.3 Å². The first kappa shape index (κ1) is 18.4. The molecule has 0 radical (unpaired) electrons. The van der Waals surface area contributed by atoms with Crippen LogP contribution in [0.15, 0.2) is 74.8 Å². The van der Waals surface area contributed by atoms with Crippen molar-refractivity contribution in [1.82, 2.24) is 0 Å². The molecule has 21 heavy (non-hydrogen) atoms. The van der Waals surface area contributed by atoms with E-state index in [4.69, 9.17) is 0 Å². The zero-order valence-corrected chi connectivity index (χ0v) is 11.8. The second-order valence-electron chi connectivity index (χ2n) is 4.12. The van der Waals surface area contributed by atoms with Gasteiger partial charge < -0.3 is 0 Å². The molecule has 0 saturated carbocycles. The van der Waals surface area contributed by atoms with Gasteiger partial charge in [-0.1, -0.05) is 101 Å². The van der Waals surface area contributed by atoms with Crippen molar-refractivity contribution in [1.29, 1.82) is 0 Å². The third-order valence-electron chi connectivity index (χ3n) is 2.82. The Bertz CT molecular complexity index is 553. The monoisotopic (exact) mass is 276 g/mol. The summed E-state index contributed by atoms with van der Waals surface area (Å²) in [5.74, 6) is 0. The van der Waals surface area contributed by atoms with Crippen LogP contribution >= 0.6 is 0 Å². The number of rotatable bonds is 4. The van der Waals surface area contributed by atoms with Crippen LogP contribution in [0.25, 0.3) is 24.3 Å². The smallest absolute Gasteiger partial charge is 0.0190 e. The van der Waals surface area contributed by atoms with Crippen molar-refractivity contribution < 1.29 is 0 Å². The quantitative estimate of drug-likeness (QED) is 0.591. The highest BCUT2D eigenvalue weighted by Crippen LogP contribution is 2.10. The molecule has 0 aliphatic carbocycles. The first-order chi connectivity index (χ1) is 9.74. The van der Waals surface area contributed by atoms with E-state index >= 15 is 0 Å². The molecule has 0 aliphatic heterocycles. The molecule has 0 N–H and O–H groups in total. The fourth-order valence-electron chi connectivity index (χ4n) is 1.70. The molecule has 0 atom stereocenters. The molecular weight excluding hydrogens is 252 g/mol. The van der Waals surface area contributed by atoms with Crippen LogP contribution in [0.2, 0.25) is 0 Å². The third kappa shape index (κ3) is 5.92. The lowest BCUT2D eigenvalue weighted by Gasteiger charge is -1.96. The molecular formula is C21H24. The molecule has 0 bridgehead atoms. The summed E-state index contributed by atoms with van der Waals surface area (Å²) < 4.78 is 0. The first-order valence-corrected chi connectivity index (χ1v) is 6.44. The molecule has 0 heteroatoms. The van der Waals surface area contributed by atoms with Gasteiger partial charge in [-0.25, -0.2) is 0 Å². The van der Waals surface area contributed by atoms with E-state index in [1.807, 2.05) is 72.8 Å². The van der Waals surface area contributed by atoms with E-state index in [1.165, 1.54) is 0 Å². The van der Waals surface area contributed by atoms with Crippen LogP contribution in [0.4, 0.5) is 0 Å². The molecule has 2 aromatic rings. The van der Waals surface area contributed by atoms with Crippen LogP contribution in [0.1, 0.15) is 29.7 Å². The molecule has 0 saturated heterocycles. The van der Waals surface area contributed by atoms with Gasteiger partial charge in [0.25, 0.3) is 0 Å². The molecule has 108 valence electrons. The van der Waals surface area contributed by atoms with E-state index in [-0.39, 0.29) is 7.43 Å². The van der Waals surface area contributed by atoms with Crippen LogP contribution in [0, 0.1) is 0 Å². The normalized spacial score (nSPS) is 8.38. The fraction of sp³-hybridized carbons (Fsp3) is 0.0476. The molecule has 0 nitrogen and oxygen atoms in total. The Labute approximate surface area is 129 Å². The lowest BCUT2D eigenvalue weighted by atomic mass is 10.1. The molecule has 2 aromatic carbocycles. The fourth-order valence-corrected chi connectivity index (χ4v) is 1.70. The summed E-state index contributed by atoms with van der Waals surface area (Å²) in [5.41, 5.74) is 4.55. The highest BCUT2D eigenvalue weighted by molar-refractivity contribution is 5.63. The number of hydrogen-bond acceptors (Lipinski definition) is 0. The van der Waals surface area contributed by atoms with Crippen molar-refractivity contribution in [3.63, 3.8) is 0 Å². The van der Waals surface area contributed by atoms with E-state index in [1.54, 1.807) is 0 Å². The van der Waals surface area contributed by atoms with Gasteiger partial charge in [-0.15, -0.1) is 0 Å². The minimum absolute atomic E-state index is 0. The van der Waals surface area contributed by atoms with E-state index < -0.39 is 0 Å². The summed E-state index contributed by atoms with van der Waals surface area (Å²) in [6, 6.07) is 16.1. The van der Waals surface area contributed by atoms with Crippen molar-refractivity contribution in [2.45, 2.75) is 7.43 Å². The maximum Gasteiger partial charge on any atom is -0.0190 e. The molecule has 0 aromatic heterocycles. The Hall–Kier alpha value is -2.60. The van der Waals surface area contributed by atoms with Crippen molar-refractivity contribution in [3.05, 3.63) is 97.1 Å². The molecule has 0 spiro atoms. The van der Waals surface area contributed by atoms with Gasteiger partial charge in [0.2, 0.25) is 0 Å². The molecule has 0 aliphatic rings. The van der Waals surface area contributed by atoms with Gasteiger partial charge in [-0.3, -0.25) is 0 Å². The van der Waals surface area contributed by atoms with Gasteiger partial charge in [-0.05, 0) is 28.3 Å². The van der Waals surface area contributed by atoms with Gasteiger partial charge in [0.1, 0.15) is 0 Å². The minimum Gasteiger partial charge on any atom is -0.0985 e. The Kier molecular flexibility index (Phi) is 8.95. The summed E-state index contributed by atoms with van der Waals surface area (Å²) in [7, 11) is 0. The first-order valence-electron chi connectivity index (χ1n) is 6.44. The zero-order chi connectivity index (χ0) is 14.8. The SMILES string of the molecule is C.C=Cc1cccc(C=C)c1.C=Cc1ccccc1C=C. The van der Waals surface area contributed by atoms with E-state index in [0.29, 0.717) is 0 Å². The lowest BCUT2D eigenvalue weighted by molar-refractivity contribution is 1.62. The Morgan fingerprint density at radius 2 is 1.00 bits per heavy atom. The highest BCUT2D eigenvalue weighted by atomic mass is 13.9. The van der Waals surface area contributed by atoms with E-state index in [2.05, 4.69) is 26.3 Å². The van der Waals surface area contributed by atoms with Crippen LogP contribution in [0.5, 0.6) is 0 Å². The van der Waals surface area contributed by atoms with Gasteiger partial charge in [0.15, 0.2) is 0 Å². The lowest BCUT2D eigenvalue weighted by Crippen LogP contribution is -1.76. The Morgan fingerprint density at radius 3 is 1.33 bits per heavy atom. The van der Waals surface area contributed by atoms with Gasteiger partial charge in [0.05, 0.1) is 0 Å². The Morgan fingerprint density at radius 1 is 0.571 bits per heavy atom. The number of benzene rings is 2. The molecule has 0 heterocycles. The van der Waals surface area contributed by atoms with Crippen LogP contribution < -0.4 is 0 Å². The summed E-state index contributed by atoms with van der Waals surface area (Å²) >= 11 is 0. The molecule has 2 rings (SSSR count). The predicted molar refractivity (Wildman–Crippen MR) is 100.0 cm³/mol. The van der Waals surface area contributed by atoms with Crippen LogP contribution in [-0.2, 0) is 0 Å². The predicted octanol–water partition coefficient (Wildman–Crippen LogP) is 6.58. The average Bonchev–Trinajstić information content (AvgIpc) is 2.55. The number of hydrogen-bond donors (Lipinski definition) is 0. The highest BCUT2D eigenvalue weighted by Gasteiger charge is 1.89. The van der Waals surface area contributed by atoms with Crippen molar-refractivity contribution in [2.75, 3.05) is 0 Å². The average molecular weight is 276 g/mol. The summed E-state index contributed by atoms with van der Waals surface area (Å²) in [6.07, 6.45) is 7.31. The van der Waals surface area contributed by atoms with Gasteiger partial charge >= 0.3 is 0 Å². The molecule has 0 fully saturated rings. The summed E-state index contributed by atoms with van der Waals surface area (Å²) in [6.45, 7) is 14.7. The maximum absolute atomic E-state index is 3.69. The topological polar surface area (TPSA) is 0 Å². The minimum atomic E-state index is 0. The van der Waals surface area contributed by atoms with Gasteiger partial charge in [0, 0.05) is 0 Å². The van der Waals surface area contributed by atoms with Crippen LogP contribution in [-0.4, -0.2) is 0 Å². The molecule has 0 amide bonds. The van der Waals surface area contributed by atoms with E-state index in [0.717, 1.165) is 22.3 Å². The van der Waals surface area contributed by atoms with Crippen LogP contribution in [0.3, 0.4) is 0 Å². The maximum atomic E-state index is 3.69. The Balaban J connectivity index is 0.000000364. The second-order valence-corrected chi connectivity index (χ2v) is 4.12. The zero-order valence-electron chi connectivity index (χ0n) is 11.8. The molecule has 0 unspecified atom stereocenters. The second kappa shape index (κ2) is 10.2. The summed E-state index contributed by atoms with van der Waals surface area (Å²) in [4.78, 5) is 0. The standard InChI is InChI=1S/2C10H10.CH4/c1-3-9-6-5-7-10(4-2)8-9;1-3-9-7-5-6-8-10(9)4-2;/h2*3-8H,1-2H2;1H4. The summed E-state index contributed by atoms with van der Waals surface area (Å²) in [5, 5.41) is 0. The van der Waals surface area contributed by atoms with Crippen molar-refractivity contribution in [2.24, 2.45) is 0 Å². The van der Waals surface area contributed by atoms with Gasteiger partial charge in [-0.2, -0.15) is 0 Å². The van der Waals surface area contributed by atoms with E-state index in [9.17, 15) is 0 Å². The third-order valence-corrected chi connectivity index (χ3v) is 2.82. The van der Waals surface area contributed by atoms with Crippen molar-refractivity contribution in [3.8, 4) is 0 Å².